The summed E-state index contributed by atoms with van der Waals surface area (Å²) in [6.07, 6.45) is 2.88. The number of furan rings is 1. The highest BCUT2D eigenvalue weighted by atomic mass is 16.4. The van der Waals surface area contributed by atoms with Crippen molar-refractivity contribution in [2.75, 3.05) is 0 Å². The van der Waals surface area contributed by atoms with E-state index < -0.39 is 5.97 Å². The molecular weight excluding hydrogens is 306 g/mol. The molecule has 0 spiro atoms. The Morgan fingerprint density at radius 3 is 2.58 bits per heavy atom. The van der Waals surface area contributed by atoms with Crippen LogP contribution in [0, 0.1) is 6.92 Å². The first kappa shape index (κ1) is 16.3. The number of hydrogen-bond acceptors (Lipinski definition) is 3. The van der Waals surface area contributed by atoms with E-state index >= 15 is 0 Å². The molecule has 5 nitrogen and oxygen atoms in total. The van der Waals surface area contributed by atoms with E-state index in [4.69, 9.17) is 9.52 Å². The highest BCUT2D eigenvalue weighted by molar-refractivity contribution is 5.97. The van der Waals surface area contributed by atoms with Gasteiger partial charge in [0.1, 0.15) is 12.2 Å². The van der Waals surface area contributed by atoms with E-state index in [1.54, 1.807) is 6.92 Å². The molecule has 1 aromatic carbocycles. The molecule has 1 aliphatic carbocycles. The fraction of sp³-hybridized carbons (Fsp3) is 0.368. The molecule has 1 aromatic heterocycles. The van der Waals surface area contributed by atoms with Crippen molar-refractivity contribution in [3.63, 3.8) is 0 Å². The van der Waals surface area contributed by atoms with E-state index in [1.165, 1.54) is 11.8 Å². The summed E-state index contributed by atoms with van der Waals surface area (Å²) in [5.41, 5.74) is 2.37. The maximum absolute atomic E-state index is 12.5. The molecule has 3 rings (SSSR count). The highest BCUT2D eigenvalue weighted by Gasteiger charge is 2.42. The Kier molecular flexibility index (Phi) is 4.18. The molecule has 0 radical (unpaired) electrons. The zero-order valence-corrected chi connectivity index (χ0v) is 13.8. The average Bonchev–Trinajstić information content (AvgIpc) is 2.86. The van der Waals surface area contributed by atoms with Gasteiger partial charge in [0.2, 0.25) is 0 Å². The summed E-state index contributed by atoms with van der Waals surface area (Å²) in [4.78, 5) is 23.4. The number of rotatable bonds is 5. The summed E-state index contributed by atoms with van der Waals surface area (Å²) in [6, 6.07) is 10.4. The van der Waals surface area contributed by atoms with Crippen molar-refractivity contribution >= 4 is 11.9 Å². The van der Waals surface area contributed by atoms with Crippen LogP contribution in [0.3, 0.4) is 0 Å². The molecule has 0 bridgehead atoms. The minimum atomic E-state index is -1.02. The third kappa shape index (κ3) is 3.07. The number of aryl methyl sites for hydroxylation is 1. The second-order valence-corrected chi connectivity index (χ2v) is 6.79. The first-order valence-electron chi connectivity index (χ1n) is 8.04. The van der Waals surface area contributed by atoms with Crippen molar-refractivity contribution in [3.8, 4) is 0 Å². The number of carboxylic acids is 1. The average molecular weight is 327 g/mol. The molecule has 0 aliphatic heterocycles. The van der Waals surface area contributed by atoms with Crippen LogP contribution in [0.4, 0.5) is 0 Å². The lowest BCUT2D eigenvalue weighted by Gasteiger charge is -2.46. The van der Waals surface area contributed by atoms with Gasteiger partial charge in [0.25, 0.3) is 5.91 Å². The molecule has 0 unspecified atom stereocenters. The molecule has 1 amide bonds. The maximum Gasteiger partial charge on any atom is 0.311 e. The largest absolute Gasteiger partial charge is 0.481 e. The Hall–Kier alpha value is -2.56. The van der Waals surface area contributed by atoms with E-state index in [-0.39, 0.29) is 29.5 Å². The minimum Gasteiger partial charge on any atom is -0.481 e. The van der Waals surface area contributed by atoms with Crippen LogP contribution >= 0.6 is 0 Å². The summed E-state index contributed by atoms with van der Waals surface area (Å²) in [5, 5.41) is 11.9. The zero-order valence-electron chi connectivity index (χ0n) is 13.8. The van der Waals surface area contributed by atoms with Crippen LogP contribution in [0.2, 0.25) is 0 Å². The van der Waals surface area contributed by atoms with Gasteiger partial charge in [-0.15, -0.1) is 0 Å². The predicted molar refractivity (Wildman–Crippen MR) is 89.1 cm³/mol. The monoisotopic (exact) mass is 327 g/mol. The molecule has 126 valence electrons. The molecule has 24 heavy (non-hydrogen) atoms. The summed E-state index contributed by atoms with van der Waals surface area (Å²) < 4.78 is 5.23. The van der Waals surface area contributed by atoms with Crippen LogP contribution in [0.15, 0.2) is 41.0 Å². The molecular formula is C19H21NO4. The van der Waals surface area contributed by atoms with Gasteiger partial charge in [-0.05, 0) is 30.7 Å². The second-order valence-electron chi connectivity index (χ2n) is 6.79. The number of carbonyl (C=O) groups is 2. The number of benzene rings is 1. The Labute approximate surface area is 140 Å². The predicted octanol–water partition coefficient (Wildman–Crippen LogP) is 3.07. The molecule has 2 N–H and O–H groups in total. The third-order valence-corrected chi connectivity index (χ3v) is 4.79. The SMILES string of the molecule is Cc1coc(CC(=O)O)c1C(=O)NC1CC(C)(c2ccccc2)C1. The maximum atomic E-state index is 12.5. The number of nitrogens with one attached hydrogen (secondary N) is 1. The van der Waals surface area contributed by atoms with Crippen LogP contribution in [0.5, 0.6) is 0 Å². The minimum absolute atomic E-state index is 0.0779. The molecule has 1 fully saturated rings. The number of carboxylic acid groups (broad SMARTS) is 1. The topological polar surface area (TPSA) is 79.5 Å². The number of hydrogen-bond donors (Lipinski definition) is 2. The van der Waals surface area contributed by atoms with Gasteiger partial charge in [-0.25, -0.2) is 0 Å². The van der Waals surface area contributed by atoms with Gasteiger partial charge in [-0.2, -0.15) is 0 Å². The lowest BCUT2D eigenvalue weighted by Crippen LogP contribution is -2.51. The number of amides is 1. The second kappa shape index (κ2) is 6.15. The number of aliphatic carboxylic acids is 1. The highest BCUT2D eigenvalue weighted by Crippen LogP contribution is 2.43. The summed E-state index contributed by atoms with van der Waals surface area (Å²) in [5.74, 6) is -1.06. The molecule has 1 aliphatic rings. The molecule has 1 heterocycles. The zero-order chi connectivity index (χ0) is 17.3. The first-order valence-corrected chi connectivity index (χ1v) is 8.04. The standard InChI is InChI=1S/C19H21NO4/c1-12-11-24-15(8-16(21)22)17(12)18(23)20-14-9-19(2,10-14)13-6-4-3-5-7-13/h3-7,11,14H,8-10H2,1-2H3,(H,20,23)(H,21,22). The van der Waals surface area contributed by atoms with Crippen molar-refractivity contribution in [1.29, 1.82) is 0 Å². The molecule has 1 saturated carbocycles. The van der Waals surface area contributed by atoms with E-state index in [9.17, 15) is 9.59 Å². The Balaban J connectivity index is 1.66. The van der Waals surface area contributed by atoms with Crippen LogP contribution in [0.25, 0.3) is 0 Å². The third-order valence-electron chi connectivity index (χ3n) is 4.79. The smallest absolute Gasteiger partial charge is 0.311 e. The van der Waals surface area contributed by atoms with Gasteiger partial charge >= 0.3 is 5.97 Å². The van der Waals surface area contributed by atoms with E-state index in [1.807, 2.05) is 18.2 Å². The van der Waals surface area contributed by atoms with Crippen molar-refractivity contribution in [2.24, 2.45) is 0 Å². The van der Waals surface area contributed by atoms with E-state index in [0.29, 0.717) is 11.1 Å². The Morgan fingerprint density at radius 2 is 1.96 bits per heavy atom. The molecule has 2 aromatic rings. The molecule has 0 atom stereocenters. The van der Waals surface area contributed by atoms with Gasteiger partial charge in [-0.1, -0.05) is 37.3 Å². The van der Waals surface area contributed by atoms with Crippen molar-refractivity contribution < 1.29 is 19.1 Å². The quantitative estimate of drug-likeness (QED) is 0.884. The van der Waals surface area contributed by atoms with Gasteiger partial charge in [0.05, 0.1) is 11.8 Å². The normalized spacial score (nSPS) is 22.7. The van der Waals surface area contributed by atoms with E-state index in [2.05, 4.69) is 24.4 Å². The Morgan fingerprint density at radius 1 is 1.29 bits per heavy atom. The summed E-state index contributed by atoms with van der Waals surface area (Å²) >= 11 is 0. The van der Waals surface area contributed by atoms with Gasteiger partial charge in [-0.3, -0.25) is 9.59 Å². The van der Waals surface area contributed by atoms with Crippen LogP contribution in [-0.4, -0.2) is 23.0 Å². The fourth-order valence-electron chi connectivity index (χ4n) is 3.53. The molecule has 5 heteroatoms. The van der Waals surface area contributed by atoms with Crippen LogP contribution in [0.1, 0.15) is 47.0 Å². The van der Waals surface area contributed by atoms with Crippen LogP contribution in [-0.2, 0) is 16.6 Å². The van der Waals surface area contributed by atoms with Crippen molar-refractivity contribution in [1.82, 2.24) is 5.32 Å². The summed E-state index contributed by atoms with van der Waals surface area (Å²) in [6.45, 7) is 3.95. The fourth-order valence-corrected chi connectivity index (χ4v) is 3.53. The van der Waals surface area contributed by atoms with Crippen LogP contribution < -0.4 is 5.32 Å². The van der Waals surface area contributed by atoms with Crippen molar-refractivity contribution in [2.45, 2.75) is 44.6 Å². The molecule has 0 saturated heterocycles. The van der Waals surface area contributed by atoms with Crippen molar-refractivity contribution in [3.05, 3.63) is 59.0 Å². The van der Waals surface area contributed by atoms with Gasteiger partial charge < -0.3 is 14.8 Å². The first-order chi connectivity index (χ1) is 11.4. The number of carbonyl (C=O) groups excluding carboxylic acids is 1. The Bertz CT molecular complexity index is 757. The van der Waals surface area contributed by atoms with Gasteiger partial charge in [0.15, 0.2) is 0 Å². The lowest BCUT2D eigenvalue weighted by atomic mass is 9.63. The van der Waals surface area contributed by atoms with E-state index in [0.717, 1.165) is 12.8 Å². The van der Waals surface area contributed by atoms with Gasteiger partial charge in [0, 0.05) is 11.6 Å². The summed E-state index contributed by atoms with van der Waals surface area (Å²) in [7, 11) is 0. The lowest BCUT2D eigenvalue weighted by molar-refractivity contribution is -0.136.